The first-order valence-corrected chi connectivity index (χ1v) is 9.03. The number of urea groups is 1. The highest BCUT2D eigenvalue weighted by Gasteiger charge is 2.15. The number of aromatic hydroxyl groups is 1. The van der Waals surface area contributed by atoms with E-state index in [9.17, 15) is 15.0 Å². The summed E-state index contributed by atoms with van der Waals surface area (Å²) in [5.74, 6) is 1.60. The zero-order valence-electron chi connectivity index (χ0n) is 16.2. The largest absolute Gasteiger partial charge is 0.508 e. The maximum Gasteiger partial charge on any atom is 0.315 e. The zero-order chi connectivity index (χ0) is 20.0. The Bertz CT molecular complexity index is 749. The summed E-state index contributed by atoms with van der Waals surface area (Å²) in [6, 6.07) is 9.94. The van der Waals surface area contributed by atoms with E-state index in [0.29, 0.717) is 12.2 Å². The second-order valence-corrected chi connectivity index (χ2v) is 7.01. The second-order valence-electron chi connectivity index (χ2n) is 7.01. The number of hydrogen-bond donors (Lipinski definition) is 4. The average molecular weight is 372 g/mol. The number of aryl methyl sites for hydroxylation is 2. The Labute approximate surface area is 160 Å². The summed E-state index contributed by atoms with van der Waals surface area (Å²) in [5, 5.41) is 24.5. The maximum atomic E-state index is 11.9. The molecule has 0 heterocycles. The molecule has 0 saturated heterocycles. The molecule has 2 amide bonds. The van der Waals surface area contributed by atoms with Crippen molar-refractivity contribution in [1.29, 1.82) is 0 Å². The minimum Gasteiger partial charge on any atom is -0.508 e. The minimum absolute atomic E-state index is 0.0326. The van der Waals surface area contributed by atoms with Crippen LogP contribution in [0, 0.1) is 13.8 Å². The van der Waals surface area contributed by atoms with E-state index < -0.39 is 0 Å². The van der Waals surface area contributed by atoms with E-state index in [1.165, 1.54) is 0 Å². The molecule has 2 rings (SSSR count). The molecule has 0 spiro atoms. The number of carbonyl (C=O) groups excluding carboxylic acids is 1. The molecule has 6 heteroatoms. The number of aliphatic hydroxyl groups is 1. The molecule has 27 heavy (non-hydrogen) atoms. The van der Waals surface area contributed by atoms with Crippen LogP contribution in [0.3, 0.4) is 0 Å². The summed E-state index contributed by atoms with van der Waals surface area (Å²) >= 11 is 0. The molecule has 0 bridgehead atoms. The maximum absolute atomic E-state index is 11.9. The van der Waals surface area contributed by atoms with Gasteiger partial charge in [0, 0.05) is 6.04 Å². The van der Waals surface area contributed by atoms with Crippen molar-refractivity contribution >= 4 is 6.03 Å². The molecular formula is C21H28N2O4. The van der Waals surface area contributed by atoms with Crippen LogP contribution in [0.4, 0.5) is 4.79 Å². The summed E-state index contributed by atoms with van der Waals surface area (Å²) < 4.78 is 5.95. The number of rotatable bonds is 7. The number of benzene rings is 2. The quantitative estimate of drug-likeness (QED) is 0.599. The average Bonchev–Trinajstić information content (AvgIpc) is 2.58. The van der Waals surface area contributed by atoms with Crippen LogP contribution in [0.5, 0.6) is 17.2 Å². The van der Waals surface area contributed by atoms with Crippen LogP contribution in [0.2, 0.25) is 0 Å². The molecule has 146 valence electrons. The van der Waals surface area contributed by atoms with Crippen LogP contribution < -0.4 is 15.4 Å². The molecule has 4 N–H and O–H groups in total. The Morgan fingerprint density at radius 2 is 1.67 bits per heavy atom. The van der Waals surface area contributed by atoms with Crippen molar-refractivity contribution in [2.45, 2.75) is 46.2 Å². The lowest BCUT2D eigenvalue weighted by Gasteiger charge is -2.20. The molecule has 0 fully saturated rings. The summed E-state index contributed by atoms with van der Waals surface area (Å²) in [5.41, 5.74) is 2.93. The molecule has 0 aliphatic carbocycles. The van der Waals surface area contributed by atoms with Gasteiger partial charge >= 0.3 is 6.03 Å². The monoisotopic (exact) mass is 372 g/mol. The number of aliphatic hydroxyl groups excluding tert-OH is 1. The van der Waals surface area contributed by atoms with Crippen LogP contribution in [0.25, 0.3) is 0 Å². The van der Waals surface area contributed by atoms with Crippen LogP contribution >= 0.6 is 0 Å². The molecule has 2 aromatic carbocycles. The van der Waals surface area contributed by atoms with Crippen LogP contribution in [-0.4, -0.2) is 34.9 Å². The van der Waals surface area contributed by atoms with E-state index in [0.717, 1.165) is 22.4 Å². The van der Waals surface area contributed by atoms with Crippen molar-refractivity contribution in [2.75, 3.05) is 6.61 Å². The number of nitrogens with one attached hydrogen (secondary N) is 2. The molecule has 6 nitrogen and oxygen atoms in total. The fraction of sp³-hybridized carbons (Fsp3) is 0.381. The van der Waals surface area contributed by atoms with Gasteiger partial charge in [0.25, 0.3) is 0 Å². The second kappa shape index (κ2) is 9.28. The number of phenols is 1. The molecule has 0 radical (unpaired) electrons. The van der Waals surface area contributed by atoms with Crippen LogP contribution in [-0.2, 0) is 6.42 Å². The summed E-state index contributed by atoms with van der Waals surface area (Å²) in [4.78, 5) is 11.9. The van der Waals surface area contributed by atoms with Gasteiger partial charge in [-0.1, -0.05) is 12.1 Å². The van der Waals surface area contributed by atoms with Gasteiger partial charge in [-0.25, -0.2) is 4.79 Å². The predicted octanol–water partition coefficient (Wildman–Crippen LogP) is 3.41. The normalized spacial score (nSPS) is 11.9. The number of amides is 2. The van der Waals surface area contributed by atoms with E-state index in [-0.39, 0.29) is 30.5 Å². The highest BCUT2D eigenvalue weighted by Crippen LogP contribution is 2.31. The molecule has 0 saturated carbocycles. The zero-order valence-corrected chi connectivity index (χ0v) is 16.2. The third-order valence-electron chi connectivity index (χ3n) is 4.03. The van der Waals surface area contributed by atoms with Gasteiger partial charge in [-0.3, -0.25) is 0 Å². The summed E-state index contributed by atoms with van der Waals surface area (Å²) in [7, 11) is 0. The first-order chi connectivity index (χ1) is 12.8. The van der Waals surface area contributed by atoms with Crippen molar-refractivity contribution in [1.82, 2.24) is 10.6 Å². The van der Waals surface area contributed by atoms with Crippen molar-refractivity contribution in [2.24, 2.45) is 0 Å². The number of ether oxygens (including phenoxy) is 1. The number of carbonyl (C=O) groups is 1. The van der Waals surface area contributed by atoms with Crippen LogP contribution in [0.1, 0.15) is 30.5 Å². The Hall–Kier alpha value is -2.73. The van der Waals surface area contributed by atoms with E-state index in [4.69, 9.17) is 4.74 Å². The van der Waals surface area contributed by atoms with Gasteiger partial charge in [0.1, 0.15) is 17.2 Å². The Kier molecular flexibility index (Phi) is 7.07. The first kappa shape index (κ1) is 20.6. The molecule has 2 aromatic rings. The number of hydrogen-bond acceptors (Lipinski definition) is 4. The van der Waals surface area contributed by atoms with E-state index in [1.807, 2.05) is 39.8 Å². The van der Waals surface area contributed by atoms with Crippen molar-refractivity contribution in [3.63, 3.8) is 0 Å². The molecule has 1 unspecified atom stereocenters. The molecule has 0 aliphatic heterocycles. The van der Waals surface area contributed by atoms with Crippen LogP contribution in [0.15, 0.2) is 36.4 Å². The lowest BCUT2D eigenvalue weighted by molar-refractivity contribution is 0.214. The Balaban J connectivity index is 2.10. The van der Waals surface area contributed by atoms with Gasteiger partial charge in [0.15, 0.2) is 0 Å². The number of phenolic OH excluding ortho intramolecular Hbond substituents is 1. The van der Waals surface area contributed by atoms with E-state index in [2.05, 4.69) is 10.6 Å². The Morgan fingerprint density at radius 3 is 2.19 bits per heavy atom. The van der Waals surface area contributed by atoms with Gasteiger partial charge in [-0.05, 0) is 75.1 Å². The van der Waals surface area contributed by atoms with Gasteiger partial charge in [0.05, 0.1) is 12.6 Å². The SMILES string of the molecule is Cc1cc(CC(CO)NC(=O)NC(C)C)cc(C)c1Oc1ccc(O)cc1. The molecular weight excluding hydrogens is 344 g/mol. The Morgan fingerprint density at radius 1 is 1.07 bits per heavy atom. The van der Waals surface area contributed by atoms with Gasteiger partial charge in [0.2, 0.25) is 0 Å². The molecule has 1 atom stereocenters. The fourth-order valence-electron chi connectivity index (χ4n) is 2.89. The lowest BCUT2D eigenvalue weighted by Crippen LogP contribution is -2.46. The molecule has 0 aromatic heterocycles. The van der Waals surface area contributed by atoms with Crippen molar-refractivity contribution in [3.8, 4) is 17.2 Å². The van der Waals surface area contributed by atoms with E-state index in [1.54, 1.807) is 24.3 Å². The van der Waals surface area contributed by atoms with Gasteiger partial charge in [-0.15, -0.1) is 0 Å². The minimum atomic E-state index is -0.369. The van der Waals surface area contributed by atoms with Crippen molar-refractivity contribution < 1.29 is 19.7 Å². The smallest absolute Gasteiger partial charge is 0.315 e. The van der Waals surface area contributed by atoms with Gasteiger partial charge in [-0.2, -0.15) is 0 Å². The summed E-state index contributed by atoms with van der Waals surface area (Å²) in [6.45, 7) is 7.54. The molecule has 0 aliphatic rings. The van der Waals surface area contributed by atoms with Crippen molar-refractivity contribution in [3.05, 3.63) is 53.1 Å². The third kappa shape index (κ3) is 6.18. The highest BCUT2D eigenvalue weighted by molar-refractivity contribution is 5.74. The predicted molar refractivity (Wildman–Crippen MR) is 105 cm³/mol. The third-order valence-corrected chi connectivity index (χ3v) is 4.03. The highest BCUT2D eigenvalue weighted by atomic mass is 16.5. The fourth-order valence-corrected chi connectivity index (χ4v) is 2.89. The standard InChI is InChI=1S/C21H28N2O4/c1-13(2)22-21(26)23-17(12-24)11-16-9-14(3)20(15(4)10-16)27-19-7-5-18(25)6-8-19/h5-10,13,17,24-25H,11-12H2,1-4H3,(H2,22,23,26). The summed E-state index contributed by atoms with van der Waals surface area (Å²) in [6.07, 6.45) is 0.517. The van der Waals surface area contributed by atoms with Gasteiger partial charge < -0.3 is 25.6 Å². The topological polar surface area (TPSA) is 90.8 Å². The van der Waals surface area contributed by atoms with E-state index >= 15 is 0 Å². The first-order valence-electron chi connectivity index (χ1n) is 9.03. The lowest BCUT2D eigenvalue weighted by atomic mass is 10.0.